The van der Waals surface area contributed by atoms with Crippen LogP contribution in [-0.4, -0.2) is 4.98 Å². The Balaban J connectivity index is 0.000000845. The van der Waals surface area contributed by atoms with Crippen molar-refractivity contribution in [3.05, 3.63) is 36.7 Å². The Hall–Kier alpha value is -1.48. The van der Waals surface area contributed by atoms with E-state index in [4.69, 9.17) is 10.2 Å². The molecule has 1 aromatic heterocycles. The molecule has 2 rings (SSSR count). The summed E-state index contributed by atoms with van der Waals surface area (Å²) in [5.41, 5.74) is 7.21. The maximum absolute atomic E-state index is 5.53. The van der Waals surface area contributed by atoms with Gasteiger partial charge in [0.05, 0.1) is 6.20 Å². The summed E-state index contributed by atoms with van der Waals surface area (Å²) in [7, 11) is 0. The number of rotatable bonds is 1. The molecule has 0 aliphatic rings. The first-order chi connectivity index (χ1) is 5.86. The molecule has 0 spiro atoms. The minimum absolute atomic E-state index is 0. The molecule has 13 heavy (non-hydrogen) atoms. The molecule has 2 N–H and O–H groups in total. The fourth-order valence-corrected chi connectivity index (χ4v) is 0.992. The minimum Gasteiger partial charge on any atom is -0.445 e. The van der Waals surface area contributed by atoms with Crippen LogP contribution < -0.4 is 5.73 Å². The zero-order valence-corrected chi connectivity index (χ0v) is 7.62. The van der Waals surface area contributed by atoms with Crippen molar-refractivity contribution in [1.29, 1.82) is 0 Å². The number of hydrogen-bond acceptors (Lipinski definition) is 3. The van der Waals surface area contributed by atoms with Crippen LogP contribution in [0.1, 0.15) is 0 Å². The molecule has 0 fully saturated rings. The third-order valence-corrected chi connectivity index (χ3v) is 1.59. The second kappa shape index (κ2) is 3.96. The normalized spacial score (nSPS) is 9.23. The maximum atomic E-state index is 5.53. The van der Waals surface area contributed by atoms with Gasteiger partial charge in [-0.25, -0.2) is 4.98 Å². The fraction of sp³-hybridized carbons (Fsp3) is 0. The van der Waals surface area contributed by atoms with Crippen molar-refractivity contribution in [3.63, 3.8) is 0 Å². The van der Waals surface area contributed by atoms with E-state index in [1.165, 1.54) is 0 Å². The Morgan fingerprint density at radius 1 is 1.15 bits per heavy atom. The van der Waals surface area contributed by atoms with Crippen LogP contribution in [0.4, 0.5) is 5.69 Å². The van der Waals surface area contributed by atoms with Gasteiger partial charge in [0, 0.05) is 11.3 Å². The molecule has 0 aliphatic carbocycles. The first-order valence-electron chi connectivity index (χ1n) is 3.62. The first kappa shape index (κ1) is 9.61. The first-order valence-corrected chi connectivity index (χ1v) is 3.62. The van der Waals surface area contributed by atoms with Gasteiger partial charge in [0.2, 0.25) is 5.89 Å². The highest BCUT2D eigenvalue weighted by Gasteiger charge is 1.99. The lowest BCUT2D eigenvalue weighted by Crippen LogP contribution is -1.83. The summed E-state index contributed by atoms with van der Waals surface area (Å²) >= 11 is 0. The Morgan fingerprint density at radius 2 is 1.85 bits per heavy atom. The Bertz CT molecular complexity index is 356. The van der Waals surface area contributed by atoms with Gasteiger partial charge in [-0.3, -0.25) is 0 Å². The third-order valence-electron chi connectivity index (χ3n) is 1.59. The molecule has 0 atom stereocenters. The number of nitrogens with zero attached hydrogens (tertiary/aromatic N) is 1. The van der Waals surface area contributed by atoms with Crippen LogP contribution in [0.15, 0.2) is 41.1 Å². The predicted octanol–water partition coefficient (Wildman–Crippen LogP) is 2.35. The maximum Gasteiger partial charge on any atom is 0.225 e. The van der Waals surface area contributed by atoms with Crippen molar-refractivity contribution >= 4 is 18.1 Å². The second-order valence-corrected chi connectivity index (χ2v) is 2.46. The Kier molecular flexibility index (Phi) is 2.93. The van der Waals surface area contributed by atoms with E-state index >= 15 is 0 Å². The molecule has 0 radical (unpaired) electrons. The van der Waals surface area contributed by atoms with Gasteiger partial charge in [-0.05, 0) is 24.3 Å². The summed E-state index contributed by atoms with van der Waals surface area (Å²) in [5, 5.41) is 0. The van der Waals surface area contributed by atoms with E-state index in [1.54, 1.807) is 12.5 Å². The summed E-state index contributed by atoms with van der Waals surface area (Å²) in [6, 6.07) is 7.39. The minimum atomic E-state index is 0. The number of nitrogens with two attached hydrogens (primary N) is 1. The van der Waals surface area contributed by atoms with Crippen molar-refractivity contribution in [2.24, 2.45) is 0 Å². The van der Waals surface area contributed by atoms with Crippen molar-refractivity contribution in [3.8, 4) is 11.5 Å². The molecular weight excluding hydrogens is 188 g/mol. The number of anilines is 1. The van der Waals surface area contributed by atoms with E-state index in [-0.39, 0.29) is 12.4 Å². The van der Waals surface area contributed by atoms with E-state index in [0.29, 0.717) is 5.89 Å². The van der Waals surface area contributed by atoms with Crippen LogP contribution in [0.2, 0.25) is 0 Å². The highest BCUT2D eigenvalue weighted by molar-refractivity contribution is 5.85. The molecule has 0 saturated carbocycles. The number of nitrogen functional groups attached to an aromatic ring is 1. The molecule has 0 bridgehead atoms. The monoisotopic (exact) mass is 196 g/mol. The SMILES string of the molecule is Cl.Nc1ccc(-c2ncco2)cc1. The Morgan fingerprint density at radius 3 is 2.38 bits per heavy atom. The summed E-state index contributed by atoms with van der Waals surface area (Å²) in [6.07, 6.45) is 3.16. The molecule has 0 aliphatic heterocycles. The number of aromatic nitrogens is 1. The number of hydrogen-bond donors (Lipinski definition) is 1. The second-order valence-electron chi connectivity index (χ2n) is 2.46. The van der Waals surface area contributed by atoms with Crippen LogP contribution in [0.25, 0.3) is 11.5 Å². The molecule has 4 heteroatoms. The molecule has 1 aromatic carbocycles. The zero-order valence-electron chi connectivity index (χ0n) is 6.81. The van der Waals surface area contributed by atoms with Crippen LogP contribution in [-0.2, 0) is 0 Å². The smallest absolute Gasteiger partial charge is 0.225 e. The molecule has 0 amide bonds. The summed E-state index contributed by atoms with van der Waals surface area (Å²) < 4.78 is 5.11. The van der Waals surface area contributed by atoms with E-state index in [1.807, 2.05) is 24.3 Å². The van der Waals surface area contributed by atoms with Crippen molar-refractivity contribution < 1.29 is 4.42 Å². The number of halogens is 1. The molecule has 3 nitrogen and oxygen atoms in total. The van der Waals surface area contributed by atoms with Crippen LogP contribution in [0, 0.1) is 0 Å². The molecule has 68 valence electrons. The lowest BCUT2D eigenvalue weighted by atomic mass is 10.2. The largest absolute Gasteiger partial charge is 0.445 e. The molecular formula is C9H9ClN2O. The van der Waals surface area contributed by atoms with Crippen LogP contribution >= 0.6 is 12.4 Å². The lowest BCUT2D eigenvalue weighted by molar-refractivity contribution is 0.574. The standard InChI is InChI=1S/C9H8N2O.ClH/c10-8-3-1-7(2-4-8)9-11-5-6-12-9;/h1-6H,10H2;1H. The summed E-state index contributed by atoms with van der Waals surface area (Å²) in [5.74, 6) is 0.620. The van der Waals surface area contributed by atoms with Gasteiger partial charge in [0.15, 0.2) is 0 Å². The number of benzene rings is 1. The van der Waals surface area contributed by atoms with Gasteiger partial charge in [-0.15, -0.1) is 12.4 Å². The van der Waals surface area contributed by atoms with Gasteiger partial charge in [-0.1, -0.05) is 0 Å². The van der Waals surface area contributed by atoms with E-state index in [2.05, 4.69) is 4.98 Å². The van der Waals surface area contributed by atoms with Gasteiger partial charge in [0.1, 0.15) is 6.26 Å². The van der Waals surface area contributed by atoms with Gasteiger partial charge >= 0.3 is 0 Å². The van der Waals surface area contributed by atoms with Crippen molar-refractivity contribution in [2.45, 2.75) is 0 Å². The molecule has 0 unspecified atom stereocenters. The van der Waals surface area contributed by atoms with Crippen molar-refractivity contribution in [1.82, 2.24) is 4.98 Å². The van der Waals surface area contributed by atoms with Gasteiger partial charge < -0.3 is 10.2 Å². The highest BCUT2D eigenvalue weighted by Crippen LogP contribution is 2.17. The van der Waals surface area contributed by atoms with Crippen LogP contribution in [0.5, 0.6) is 0 Å². The van der Waals surface area contributed by atoms with E-state index in [9.17, 15) is 0 Å². The van der Waals surface area contributed by atoms with E-state index in [0.717, 1.165) is 11.3 Å². The topological polar surface area (TPSA) is 52.0 Å². The third kappa shape index (κ3) is 2.00. The molecule has 2 aromatic rings. The van der Waals surface area contributed by atoms with Crippen LogP contribution in [0.3, 0.4) is 0 Å². The quantitative estimate of drug-likeness (QED) is 0.713. The lowest BCUT2D eigenvalue weighted by Gasteiger charge is -1.94. The predicted molar refractivity (Wildman–Crippen MR) is 53.6 cm³/mol. The van der Waals surface area contributed by atoms with Gasteiger partial charge in [-0.2, -0.15) is 0 Å². The summed E-state index contributed by atoms with van der Waals surface area (Å²) in [4.78, 5) is 4.01. The number of oxazole rings is 1. The summed E-state index contributed by atoms with van der Waals surface area (Å²) in [6.45, 7) is 0. The Labute approximate surface area is 82.0 Å². The van der Waals surface area contributed by atoms with Crippen molar-refractivity contribution in [2.75, 3.05) is 5.73 Å². The molecule has 0 saturated heterocycles. The average Bonchev–Trinajstić information content (AvgIpc) is 2.58. The highest BCUT2D eigenvalue weighted by atomic mass is 35.5. The fourth-order valence-electron chi connectivity index (χ4n) is 0.992. The van der Waals surface area contributed by atoms with Gasteiger partial charge in [0.25, 0.3) is 0 Å². The molecule has 1 heterocycles. The average molecular weight is 197 g/mol. The zero-order chi connectivity index (χ0) is 8.39. The van der Waals surface area contributed by atoms with E-state index < -0.39 is 0 Å².